The molecule has 2 aromatic carbocycles. The van der Waals surface area contributed by atoms with E-state index in [4.69, 9.17) is 14.2 Å². The van der Waals surface area contributed by atoms with E-state index in [-0.39, 0.29) is 24.7 Å². The topological polar surface area (TPSA) is 143 Å². The number of aromatic nitrogens is 4. The number of nitro groups is 1. The van der Waals surface area contributed by atoms with Crippen LogP contribution in [0.2, 0.25) is 0 Å². The van der Waals surface area contributed by atoms with Crippen molar-refractivity contribution in [2.24, 2.45) is 0 Å². The number of methoxy groups -OCH3 is 2. The number of hydrogen-bond donors (Lipinski definition) is 1. The number of nitrogens with zero attached hydrogens (tertiary/aromatic N) is 5. The van der Waals surface area contributed by atoms with Crippen LogP contribution in [0.4, 0.5) is 5.69 Å². The number of fused-ring (bicyclic) bond motifs is 1. The molecular formula is C23H22N6O6. The van der Waals surface area contributed by atoms with Gasteiger partial charge in [-0.15, -0.1) is 15.3 Å². The number of aryl methyl sites for hydroxylation is 1. The van der Waals surface area contributed by atoms with Crippen LogP contribution in [0.3, 0.4) is 0 Å². The second kappa shape index (κ2) is 10.0. The summed E-state index contributed by atoms with van der Waals surface area (Å²) in [6.07, 6.45) is 0. The molecule has 35 heavy (non-hydrogen) atoms. The zero-order valence-corrected chi connectivity index (χ0v) is 19.2. The summed E-state index contributed by atoms with van der Waals surface area (Å²) in [4.78, 5) is 22.8. The Hall–Kier alpha value is -4.74. The molecule has 2 aromatic heterocycles. The molecule has 0 unspecified atom stereocenters. The number of carbonyl (C=O) groups is 1. The fraction of sp³-hybridized carbons (Fsp3) is 0.217. The Balaban J connectivity index is 1.43. The van der Waals surface area contributed by atoms with Gasteiger partial charge in [0.15, 0.2) is 11.5 Å². The molecule has 2 heterocycles. The third-order valence-electron chi connectivity index (χ3n) is 5.18. The summed E-state index contributed by atoms with van der Waals surface area (Å²) in [5.74, 6) is 1.60. The van der Waals surface area contributed by atoms with E-state index in [1.165, 1.54) is 22.7 Å². The van der Waals surface area contributed by atoms with Crippen molar-refractivity contribution in [3.63, 3.8) is 0 Å². The van der Waals surface area contributed by atoms with Crippen LogP contribution in [-0.2, 0) is 0 Å². The second-order valence-electron chi connectivity index (χ2n) is 7.39. The molecule has 0 spiro atoms. The van der Waals surface area contributed by atoms with Crippen LogP contribution in [0.1, 0.15) is 15.9 Å². The Kier molecular flexibility index (Phi) is 6.71. The lowest BCUT2D eigenvalue weighted by molar-refractivity contribution is -0.385. The van der Waals surface area contributed by atoms with Gasteiger partial charge in [0, 0.05) is 23.3 Å². The highest BCUT2D eigenvalue weighted by Crippen LogP contribution is 2.32. The standard InChI is InChI=1S/C23H22N6O6/c1-14-12-15(4-6-18(14)29(31)32)23(30)24-10-11-35-21-9-8-20-25-26-22(28(20)27-21)17-13-16(33-2)5-7-19(17)34-3/h4-9,12-13H,10-11H2,1-3H3,(H,24,30). The molecule has 0 saturated heterocycles. The highest BCUT2D eigenvalue weighted by molar-refractivity contribution is 5.94. The highest BCUT2D eigenvalue weighted by Gasteiger charge is 2.17. The predicted molar refractivity (Wildman–Crippen MR) is 125 cm³/mol. The van der Waals surface area contributed by atoms with Gasteiger partial charge in [-0.2, -0.15) is 4.52 Å². The monoisotopic (exact) mass is 478 g/mol. The van der Waals surface area contributed by atoms with Crippen molar-refractivity contribution in [3.8, 4) is 28.8 Å². The molecule has 0 radical (unpaired) electrons. The van der Waals surface area contributed by atoms with E-state index in [1.807, 2.05) is 0 Å². The average molecular weight is 478 g/mol. The lowest BCUT2D eigenvalue weighted by atomic mass is 10.1. The van der Waals surface area contributed by atoms with Crippen molar-refractivity contribution in [2.75, 3.05) is 27.4 Å². The average Bonchev–Trinajstić information content (AvgIpc) is 3.28. The molecular weight excluding hydrogens is 456 g/mol. The maximum atomic E-state index is 12.3. The van der Waals surface area contributed by atoms with Gasteiger partial charge < -0.3 is 19.5 Å². The van der Waals surface area contributed by atoms with Gasteiger partial charge in [-0.05, 0) is 43.3 Å². The van der Waals surface area contributed by atoms with Crippen LogP contribution in [0.15, 0.2) is 48.5 Å². The minimum atomic E-state index is -0.486. The second-order valence-corrected chi connectivity index (χ2v) is 7.39. The Labute approximate surface area is 199 Å². The van der Waals surface area contributed by atoms with Gasteiger partial charge in [0.05, 0.1) is 31.3 Å². The third kappa shape index (κ3) is 4.95. The summed E-state index contributed by atoms with van der Waals surface area (Å²) in [5.41, 5.74) is 1.86. The van der Waals surface area contributed by atoms with E-state index in [9.17, 15) is 14.9 Å². The Bertz CT molecular complexity index is 1400. The normalized spacial score (nSPS) is 10.7. The smallest absolute Gasteiger partial charge is 0.272 e. The van der Waals surface area contributed by atoms with E-state index >= 15 is 0 Å². The third-order valence-corrected chi connectivity index (χ3v) is 5.18. The van der Waals surface area contributed by atoms with E-state index in [1.54, 1.807) is 51.5 Å². The van der Waals surface area contributed by atoms with E-state index < -0.39 is 4.92 Å². The summed E-state index contributed by atoms with van der Waals surface area (Å²) >= 11 is 0. The van der Waals surface area contributed by atoms with Crippen LogP contribution in [-0.4, -0.2) is 58.0 Å². The lowest BCUT2D eigenvalue weighted by Gasteiger charge is -2.10. The first-order valence-electron chi connectivity index (χ1n) is 10.5. The molecule has 0 saturated carbocycles. The first-order valence-corrected chi connectivity index (χ1v) is 10.5. The number of ether oxygens (including phenoxy) is 3. The van der Waals surface area contributed by atoms with Crippen molar-refractivity contribution in [2.45, 2.75) is 6.92 Å². The first-order chi connectivity index (χ1) is 16.9. The zero-order valence-electron chi connectivity index (χ0n) is 19.2. The Morgan fingerprint density at radius 3 is 2.63 bits per heavy atom. The quantitative estimate of drug-likeness (QED) is 0.218. The highest BCUT2D eigenvalue weighted by atomic mass is 16.6. The molecule has 0 aliphatic rings. The number of rotatable bonds is 9. The summed E-state index contributed by atoms with van der Waals surface area (Å²) < 4.78 is 18.0. The van der Waals surface area contributed by atoms with Gasteiger partial charge in [0.25, 0.3) is 11.6 Å². The minimum absolute atomic E-state index is 0.0359. The SMILES string of the molecule is COc1ccc(OC)c(-c2nnc3ccc(OCCNC(=O)c4ccc([N+](=O)[O-])c(C)c4)nn23)c1. The molecule has 180 valence electrons. The molecule has 12 nitrogen and oxygen atoms in total. The first kappa shape index (κ1) is 23.4. The number of nitrogens with one attached hydrogen (secondary N) is 1. The largest absolute Gasteiger partial charge is 0.497 e. The Morgan fingerprint density at radius 2 is 1.91 bits per heavy atom. The van der Waals surface area contributed by atoms with Gasteiger partial charge in [-0.25, -0.2) is 0 Å². The van der Waals surface area contributed by atoms with Gasteiger partial charge in [-0.1, -0.05) is 0 Å². The Morgan fingerprint density at radius 1 is 1.09 bits per heavy atom. The number of hydrogen-bond acceptors (Lipinski definition) is 9. The van der Waals surface area contributed by atoms with E-state index in [0.29, 0.717) is 45.5 Å². The van der Waals surface area contributed by atoms with Gasteiger partial charge in [0.1, 0.15) is 18.1 Å². The summed E-state index contributed by atoms with van der Waals surface area (Å²) in [6, 6.07) is 12.9. The molecule has 4 aromatic rings. The maximum Gasteiger partial charge on any atom is 0.272 e. The number of carbonyl (C=O) groups excluding carboxylic acids is 1. The molecule has 0 fully saturated rings. The van der Waals surface area contributed by atoms with Gasteiger partial charge in [-0.3, -0.25) is 14.9 Å². The van der Waals surface area contributed by atoms with Crippen LogP contribution >= 0.6 is 0 Å². The zero-order chi connectivity index (χ0) is 24.9. The van der Waals surface area contributed by atoms with Crippen molar-refractivity contribution in [3.05, 3.63) is 69.8 Å². The van der Waals surface area contributed by atoms with Crippen molar-refractivity contribution in [1.29, 1.82) is 0 Å². The van der Waals surface area contributed by atoms with Crippen LogP contribution < -0.4 is 19.5 Å². The number of nitro benzene ring substituents is 1. The summed E-state index contributed by atoms with van der Waals surface area (Å²) in [6.45, 7) is 1.93. The maximum absolute atomic E-state index is 12.3. The summed E-state index contributed by atoms with van der Waals surface area (Å²) in [7, 11) is 3.13. The van der Waals surface area contributed by atoms with E-state index in [2.05, 4.69) is 20.6 Å². The lowest BCUT2D eigenvalue weighted by Crippen LogP contribution is -2.28. The van der Waals surface area contributed by atoms with Crippen LogP contribution in [0.5, 0.6) is 17.4 Å². The molecule has 0 aliphatic heterocycles. The van der Waals surface area contributed by atoms with Crippen LogP contribution in [0.25, 0.3) is 17.0 Å². The fourth-order valence-corrected chi connectivity index (χ4v) is 3.43. The minimum Gasteiger partial charge on any atom is -0.497 e. The van der Waals surface area contributed by atoms with Crippen LogP contribution in [0, 0.1) is 17.0 Å². The molecule has 0 atom stereocenters. The molecule has 0 aliphatic carbocycles. The molecule has 1 amide bonds. The van der Waals surface area contributed by atoms with Crippen molar-refractivity contribution < 1.29 is 23.9 Å². The number of amides is 1. The van der Waals surface area contributed by atoms with E-state index in [0.717, 1.165) is 0 Å². The van der Waals surface area contributed by atoms with Crippen molar-refractivity contribution in [1.82, 2.24) is 25.1 Å². The molecule has 4 rings (SSSR count). The van der Waals surface area contributed by atoms with Crippen molar-refractivity contribution >= 4 is 17.2 Å². The molecule has 1 N–H and O–H groups in total. The molecule has 0 bridgehead atoms. The predicted octanol–water partition coefficient (Wildman–Crippen LogP) is 2.83. The number of benzene rings is 2. The molecule has 12 heteroatoms. The van der Waals surface area contributed by atoms with Gasteiger partial charge in [0.2, 0.25) is 5.88 Å². The fourth-order valence-electron chi connectivity index (χ4n) is 3.43. The van der Waals surface area contributed by atoms with Gasteiger partial charge >= 0.3 is 0 Å². The summed E-state index contributed by atoms with van der Waals surface area (Å²) in [5, 5.41) is 26.5.